The molecule has 0 bridgehead atoms. The third kappa shape index (κ3) is 2.83. The standard InChI is InChI=1S/C9H6ClN3O5S/c10-7-2-1-6(13(14)15)5-8(7)19(16,17)12-9-3-4-18-11-9/h1-5H,(H,11,12). The van der Waals surface area contributed by atoms with E-state index < -0.39 is 19.8 Å². The fourth-order valence-electron chi connectivity index (χ4n) is 1.27. The van der Waals surface area contributed by atoms with Gasteiger partial charge in [-0.2, -0.15) is 0 Å². The summed E-state index contributed by atoms with van der Waals surface area (Å²) < 4.78 is 30.5. The zero-order valence-corrected chi connectivity index (χ0v) is 10.7. The highest BCUT2D eigenvalue weighted by atomic mass is 35.5. The Morgan fingerprint density at radius 1 is 1.37 bits per heavy atom. The molecule has 1 aromatic carbocycles. The molecule has 0 spiro atoms. The Hall–Kier alpha value is -2.13. The van der Waals surface area contributed by atoms with Crippen LogP contribution >= 0.6 is 11.6 Å². The fourth-order valence-corrected chi connectivity index (χ4v) is 2.78. The van der Waals surface area contributed by atoms with Gasteiger partial charge in [0, 0.05) is 18.2 Å². The van der Waals surface area contributed by atoms with Crippen molar-refractivity contribution in [3.63, 3.8) is 0 Å². The largest absolute Gasteiger partial charge is 0.363 e. The van der Waals surface area contributed by atoms with E-state index in [-0.39, 0.29) is 16.5 Å². The number of halogens is 1. The van der Waals surface area contributed by atoms with Crippen LogP contribution in [0.2, 0.25) is 5.02 Å². The van der Waals surface area contributed by atoms with Gasteiger partial charge in [-0.15, -0.1) is 0 Å². The number of nitro groups is 1. The van der Waals surface area contributed by atoms with Gasteiger partial charge in [0.1, 0.15) is 11.2 Å². The first-order valence-electron chi connectivity index (χ1n) is 4.77. The highest BCUT2D eigenvalue weighted by Gasteiger charge is 2.22. The first-order chi connectivity index (χ1) is 8.90. The van der Waals surface area contributed by atoms with Crippen LogP contribution in [-0.4, -0.2) is 18.5 Å². The lowest BCUT2D eigenvalue weighted by atomic mass is 10.3. The number of non-ortho nitro benzene ring substituents is 1. The Labute approximate surface area is 112 Å². The van der Waals surface area contributed by atoms with Gasteiger partial charge < -0.3 is 4.52 Å². The summed E-state index contributed by atoms with van der Waals surface area (Å²) in [5, 5.41) is 13.9. The van der Waals surface area contributed by atoms with Crippen molar-refractivity contribution in [2.75, 3.05) is 4.72 Å². The van der Waals surface area contributed by atoms with Crippen LogP contribution in [0.1, 0.15) is 0 Å². The van der Waals surface area contributed by atoms with E-state index in [4.69, 9.17) is 11.6 Å². The molecule has 0 saturated carbocycles. The summed E-state index contributed by atoms with van der Waals surface area (Å²) in [4.78, 5) is 9.50. The molecule has 0 saturated heterocycles. The van der Waals surface area contributed by atoms with Crippen LogP contribution in [-0.2, 0) is 10.0 Å². The van der Waals surface area contributed by atoms with E-state index in [1.807, 2.05) is 0 Å². The van der Waals surface area contributed by atoms with Crippen molar-refractivity contribution < 1.29 is 17.9 Å². The summed E-state index contributed by atoms with van der Waals surface area (Å²) in [5.41, 5.74) is -0.384. The minimum atomic E-state index is -4.08. The smallest absolute Gasteiger partial charge is 0.270 e. The number of hydrogen-bond donors (Lipinski definition) is 1. The maximum absolute atomic E-state index is 12.0. The summed E-state index contributed by atoms with van der Waals surface area (Å²) in [6.07, 6.45) is 1.17. The molecule has 19 heavy (non-hydrogen) atoms. The van der Waals surface area contributed by atoms with Crippen molar-refractivity contribution in [3.05, 3.63) is 45.7 Å². The second kappa shape index (κ2) is 4.86. The van der Waals surface area contributed by atoms with E-state index in [0.29, 0.717) is 0 Å². The van der Waals surface area contributed by atoms with Crippen LogP contribution in [0.3, 0.4) is 0 Å². The highest BCUT2D eigenvalue weighted by molar-refractivity contribution is 7.92. The van der Waals surface area contributed by atoms with Gasteiger partial charge in [-0.05, 0) is 6.07 Å². The van der Waals surface area contributed by atoms with Crippen LogP contribution in [0.25, 0.3) is 0 Å². The predicted octanol–water partition coefficient (Wildman–Crippen LogP) is 2.04. The van der Waals surface area contributed by atoms with E-state index in [0.717, 1.165) is 18.2 Å². The lowest BCUT2D eigenvalue weighted by Crippen LogP contribution is -2.14. The molecule has 0 amide bonds. The molecule has 0 fully saturated rings. The summed E-state index contributed by atoms with van der Waals surface area (Å²) in [6, 6.07) is 4.39. The van der Waals surface area contributed by atoms with Gasteiger partial charge in [0.25, 0.3) is 15.7 Å². The molecule has 0 unspecified atom stereocenters. The average molecular weight is 304 g/mol. The molecule has 1 heterocycles. The predicted molar refractivity (Wildman–Crippen MR) is 65.4 cm³/mol. The van der Waals surface area contributed by atoms with Crippen LogP contribution in [0.5, 0.6) is 0 Å². The van der Waals surface area contributed by atoms with Gasteiger partial charge >= 0.3 is 0 Å². The highest BCUT2D eigenvalue weighted by Crippen LogP contribution is 2.27. The van der Waals surface area contributed by atoms with E-state index in [1.165, 1.54) is 12.3 Å². The maximum Gasteiger partial charge on any atom is 0.270 e. The van der Waals surface area contributed by atoms with Crippen LogP contribution < -0.4 is 4.72 Å². The minimum Gasteiger partial charge on any atom is -0.363 e. The Kier molecular flexibility index (Phi) is 3.40. The van der Waals surface area contributed by atoms with Gasteiger partial charge in [0.05, 0.1) is 9.95 Å². The average Bonchev–Trinajstić information content (AvgIpc) is 2.81. The number of nitrogens with zero attached hydrogens (tertiary/aromatic N) is 2. The molecular weight excluding hydrogens is 298 g/mol. The Balaban J connectivity index is 2.45. The number of benzene rings is 1. The molecule has 0 aliphatic carbocycles. The second-order valence-electron chi connectivity index (χ2n) is 3.36. The van der Waals surface area contributed by atoms with E-state index in [2.05, 4.69) is 14.4 Å². The summed E-state index contributed by atoms with van der Waals surface area (Å²) in [7, 11) is -4.08. The number of nitro benzene ring substituents is 1. The molecule has 100 valence electrons. The van der Waals surface area contributed by atoms with Crippen LogP contribution in [0.4, 0.5) is 11.5 Å². The molecule has 1 N–H and O–H groups in total. The molecule has 0 atom stereocenters. The second-order valence-corrected chi connectivity index (χ2v) is 5.42. The van der Waals surface area contributed by atoms with E-state index >= 15 is 0 Å². The fraction of sp³-hybridized carbons (Fsp3) is 0. The molecule has 0 aliphatic rings. The number of sulfonamides is 1. The number of rotatable bonds is 4. The molecule has 8 nitrogen and oxygen atoms in total. The van der Waals surface area contributed by atoms with Gasteiger partial charge in [0.15, 0.2) is 5.82 Å². The van der Waals surface area contributed by atoms with Crippen molar-refractivity contribution in [2.24, 2.45) is 0 Å². The lowest BCUT2D eigenvalue weighted by molar-refractivity contribution is -0.385. The van der Waals surface area contributed by atoms with Gasteiger partial charge in [-0.3, -0.25) is 14.8 Å². The van der Waals surface area contributed by atoms with Crippen LogP contribution in [0.15, 0.2) is 39.9 Å². The van der Waals surface area contributed by atoms with Gasteiger partial charge in [0.2, 0.25) is 0 Å². The molecule has 2 rings (SSSR count). The molecular formula is C9H6ClN3O5S. The summed E-state index contributed by atoms with van der Waals surface area (Å²) in [5.74, 6) is -0.0532. The normalized spacial score (nSPS) is 11.2. The van der Waals surface area contributed by atoms with Gasteiger partial charge in [-0.1, -0.05) is 16.8 Å². The molecule has 0 radical (unpaired) electrons. The van der Waals surface area contributed by atoms with Crippen molar-refractivity contribution in [2.45, 2.75) is 4.90 Å². The molecule has 2 aromatic rings. The molecule has 10 heteroatoms. The monoisotopic (exact) mass is 303 g/mol. The molecule has 0 aliphatic heterocycles. The van der Waals surface area contributed by atoms with Crippen molar-refractivity contribution >= 4 is 33.1 Å². The van der Waals surface area contributed by atoms with Crippen molar-refractivity contribution in [3.8, 4) is 0 Å². The zero-order chi connectivity index (χ0) is 14.0. The minimum absolute atomic E-state index is 0.0532. The van der Waals surface area contributed by atoms with Crippen LogP contribution in [0, 0.1) is 10.1 Å². The quantitative estimate of drug-likeness (QED) is 0.682. The van der Waals surface area contributed by atoms with Gasteiger partial charge in [-0.25, -0.2) is 8.42 Å². The van der Waals surface area contributed by atoms with Crippen molar-refractivity contribution in [1.82, 2.24) is 5.16 Å². The Morgan fingerprint density at radius 2 is 2.11 bits per heavy atom. The summed E-state index contributed by atoms with van der Waals surface area (Å²) in [6.45, 7) is 0. The van der Waals surface area contributed by atoms with Crippen molar-refractivity contribution in [1.29, 1.82) is 0 Å². The zero-order valence-electron chi connectivity index (χ0n) is 9.11. The number of aromatic nitrogens is 1. The Bertz CT molecular complexity index is 713. The first-order valence-corrected chi connectivity index (χ1v) is 6.63. The number of nitrogens with one attached hydrogen (secondary N) is 1. The maximum atomic E-state index is 12.0. The SMILES string of the molecule is O=[N+]([O-])c1ccc(Cl)c(S(=O)(=O)Nc2ccon2)c1. The van der Waals surface area contributed by atoms with E-state index in [9.17, 15) is 18.5 Å². The topological polar surface area (TPSA) is 115 Å². The summed E-state index contributed by atoms with van der Waals surface area (Å²) >= 11 is 5.74. The third-order valence-corrected chi connectivity index (χ3v) is 3.93. The Morgan fingerprint density at radius 3 is 2.68 bits per heavy atom. The number of hydrogen-bond acceptors (Lipinski definition) is 6. The molecule has 1 aromatic heterocycles. The third-order valence-electron chi connectivity index (χ3n) is 2.09. The first kappa shape index (κ1) is 13.3. The lowest BCUT2D eigenvalue weighted by Gasteiger charge is -2.06. The van der Waals surface area contributed by atoms with E-state index in [1.54, 1.807) is 0 Å². The number of anilines is 1.